The van der Waals surface area contributed by atoms with Crippen LogP contribution in [0.15, 0.2) is 42.5 Å². The number of carbonyl (C=O) groups is 2. The van der Waals surface area contributed by atoms with Crippen LogP contribution in [0.4, 0.5) is 15.8 Å². The van der Waals surface area contributed by atoms with Crippen molar-refractivity contribution >= 4 is 34.9 Å². The minimum absolute atomic E-state index is 0.00499. The van der Waals surface area contributed by atoms with E-state index in [0.29, 0.717) is 10.8 Å². The lowest BCUT2D eigenvalue weighted by molar-refractivity contribution is -0.387. The molecular weight excluding hydrogens is 383 g/mol. The van der Waals surface area contributed by atoms with Crippen molar-refractivity contribution in [1.29, 1.82) is 0 Å². The van der Waals surface area contributed by atoms with Crippen molar-refractivity contribution < 1.29 is 28.4 Å². The van der Waals surface area contributed by atoms with Gasteiger partial charge in [0.15, 0.2) is 12.7 Å². The summed E-state index contributed by atoms with van der Waals surface area (Å²) in [7, 11) is 0. The van der Waals surface area contributed by atoms with Gasteiger partial charge in [-0.1, -0.05) is 11.6 Å². The molecule has 27 heavy (non-hydrogen) atoms. The molecule has 0 saturated heterocycles. The molecule has 8 nitrogen and oxygen atoms in total. The quantitative estimate of drug-likeness (QED) is 0.437. The van der Waals surface area contributed by atoms with E-state index in [0.717, 1.165) is 18.2 Å². The maximum absolute atomic E-state index is 13.3. The number of halogens is 2. The summed E-state index contributed by atoms with van der Waals surface area (Å²) in [6, 6.07) is 9.17. The lowest BCUT2D eigenvalue weighted by Gasteiger charge is -2.14. The number of benzene rings is 2. The minimum atomic E-state index is -1.03. The molecule has 1 unspecified atom stereocenters. The Labute approximate surface area is 158 Å². The van der Waals surface area contributed by atoms with Crippen molar-refractivity contribution in [3.05, 3.63) is 63.4 Å². The number of amides is 1. The Hall–Kier alpha value is -3.20. The molecule has 2 rings (SSSR count). The minimum Gasteiger partial charge on any atom is -0.479 e. The van der Waals surface area contributed by atoms with Crippen molar-refractivity contribution in [2.45, 2.75) is 13.0 Å². The highest BCUT2D eigenvalue weighted by atomic mass is 35.5. The maximum atomic E-state index is 13.3. The Kier molecular flexibility index (Phi) is 6.67. The van der Waals surface area contributed by atoms with Gasteiger partial charge >= 0.3 is 11.7 Å². The van der Waals surface area contributed by atoms with E-state index >= 15 is 0 Å². The van der Waals surface area contributed by atoms with Crippen LogP contribution in [0.2, 0.25) is 5.02 Å². The average Bonchev–Trinajstić information content (AvgIpc) is 2.63. The Morgan fingerprint density at radius 1 is 1.26 bits per heavy atom. The van der Waals surface area contributed by atoms with Crippen molar-refractivity contribution in [2.75, 3.05) is 11.9 Å². The monoisotopic (exact) mass is 396 g/mol. The number of hydrogen-bond donors (Lipinski definition) is 1. The fourth-order valence-electron chi connectivity index (χ4n) is 1.95. The first-order valence-electron chi connectivity index (χ1n) is 7.59. The van der Waals surface area contributed by atoms with Gasteiger partial charge in [0.05, 0.1) is 4.92 Å². The summed E-state index contributed by atoms with van der Waals surface area (Å²) >= 11 is 5.75. The number of esters is 1. The van der Waals surface area contributed by atoms with Crippen molar-refractivity contribution in [2.24, 2.45) is 0 Å². The van der Waals surface area contributed by atoms with E-state index in [1.807, 2.05) is 0 Å². The van der Waals surface area contributed by atoms with Crippen LogP contribution in [0, 0.1) is 15.9 Å². The van der Waals surface area contributed by atoms with E-state index in [1.165, 1.54) is 6.92 Å². The summed E-state index contributed by atoms with van der Waals surface area (Å²) in [6.07, 6.45) is -0.981. The first-order valence-corrected chi connectivity index (χ1v) is 7.96. The van der Waals surface area contributed by atoms with Crippen LogP contribution in [0.3, 0.4) is 0 Å². The van der Waals surface area contributed by atoms with Gasteiger partial charge in [0, 0.05) is 16.8 Å². The molecular formula is C17H14ClFN2O6. The Morgan fingerprint density at radius 3 is 2.56 bits per heavy atom. The van der Waals surface area contributed by atoms with Gasteiger partial charge in [-0.15, -0.1) is 0 Å². The number of nitro benzene ring substituents is 1. The molecule has 2 aromatic carbocycles. The highest BCUT2D eigenvalue weighted by Gasteiger charge is 2.19. The molecule has 0 heterocycles. The number of nitrogens with one attached hydrogen (secondary N) is 1. The van der Waals surface area contributed by atoms with Gasteiger partial charge in [0.1, 0.15) is 5.75 Å². The molecule has 0 aliphatic carbocycles. The van der Waals surface area contributed by atoms with Gasteiger partial charge in [0.25, 0.3) is 5.91 Å². The second kappa shape index (κ2) is 8.95. The Balaban J connectivity index is 1.85. The molecule has 142 valence electrons. The zero-order valence-corrected chi connectivity index (χ0v) is 14.7. The van der Waals surface area contributed by atoms with Gasteiger partial charge in [-0.2, -0.15) is 4.39 Å². The molecule has 0 bridgehead atoms. The second-order valence-electron chi connectivity index (χ2n) is 5.29. The average molecular weight is 397 g/mol. The highest BCUT2D eigenvalue weighted by Crippen LogP contribution is 2.21. The lowest BCUT2D eigenvalue weighted by Crippen LogP contribution is -2.29. The van der Waals surface area contributed by atoms with E-state index in [2.05, 4.69) is 5.32 Å². The highest BCUT2D eigenvalue weighted by molar-refractivity contribution is 6.30. The summed E-state index contributed by atoms with van der Waals surface area (Å²) < 4.78 is 23.4. The van der Waals surface area contributed by atoms with E-state index in [1.54, 1.807) is 24.3 Å². The van der Waals surface area contributed by atoms with E-state index in [9.17, 15) is 24.1 Å². The Morgan fingerprint density at radius 2 is 1.93 bits per heavy atom. The summed E-state index contributed by atoms with van der Waals surface area (Å²) in [5.74, 6) is -2.17. The second-order valence-corrected chi connectivity index (χ2v) is 5.73. The van der Waals surface area contributed by atoms with Crippen LogP contribution in [0.25, 0.3) is 0 Å². The first-order chi connectivity index (χ1) is 12.8. The molecule has 1 atom stereocenters. The topological polar surface area (TPSA) is 108 Å². The normalized spacial score (nSPS) is 11.4. The van der Waals surface area contributed by atoms with Gasteiger partial charge in [-0.05, 0) is 43.3 Å². The number of hydrogen-bond acceptors (Lipinski definition) is 6. The first kappa shape index (κ1) is 20.1. The molecule has 0 saturated carbocycles. The van der Waals surface area contributed by atoms with Crippen LogP contribution >= 0.6 is 11.6 Å². The zero-order valence-electron chi connectivity index (χ0n) is 14.0. The van der Waals surface area contributed by atoms with E-state index in [4.69, 9.17) is 21.1 Å². The fraction of sp³-hybridized carbons (Fsp3) is 0.176. The number of rotatable bonds is 7. The molecule has 2 aromatic rings. The molecule has 0 aromatic heterocycles. The van der Waals surface area contributed by atoms with Crippen molar-refractivity contribution in [3.8, 4) is 5.75 Å². The molecule has 0 radical (unpaired) electrons. The van der Waals surface area contributed by atoms with Crippen LogP contribution in [-0.4, -0.2) is 29.5 Å². The fourth-order valence-corrected chi connectivity index (χ4v) is 2.07. The number of nitro groups is 1. The summed E-state index contributed by atoms with van der Waals surface area (Å²) in [4.78, 5) is 33.4. The smallest absolute Gasteiger partial charge is 0.347 e. The largest absolute Gasteiger partial charge is 0.479 e. The third-order valence-electron chi connectivity index (χ3n) is 3.23. The van der Waals surface area contributed by atoms with Gasteiger partial charge in [-0.25, -0.2) is 4.79 Å². The molecule has 0 aliphatic heterocycles. The van der Waals surface area contributed by atoms with Crippen molar-refractivity contribution in [3.63, 3.8) is 0 Å². The third kappa shape index (κ3) is 5.93. The molecule has 0 spiro atoms. The predicted octanol–water partition coefficient (Wildman–Crippen LogP) is 3.34. The Bertz CT molecular complexity index is 859. The summed E-state index contributed by atoms with van der Waals surface area (Å²) in [6.45, 7) is 0.802. The SMILES string of the molecule is CC(Oc1ccc(Cl)cc1)C(=O)OCC(=O)Nc1ccc(F)c([N+](=O)[O-])c1. The molecule has 0 aliphatic rings. The molecule has 0 fully saturated rings. The standard InChI is InChI=1S/C17H14ClFN2O6/c1-10(27-13-5-2-11(18)3-6-13)17(23)26-9-16(22)20-12-4-7-14(19)15(8-12)21(24)25/h2-8,10H,9H2,1H3,(H,20,22). The molecule has 1 amide bonds. The summed E-state index contributed by atoms with van der Waals surface area (Å²) in [5, 5.41) is 13.5. The van der Waals surface area contributed by atoms with Crippen LogP contribution in [-0.2, 0) is 14.3 Å². The van der Waals surface area contributed by atoms with Crippen molar-refractivity contribution in [1.82, 2.24) is 0 Å². The number of ether oxygens (including phenoxy) is 2. The molecule has 1 N–H and O–H groups in total. The zero-order chi connectivity index (χ0) is 20.0. The van der Waals surface area contributed by atoms with Gasteiger partial charge < -0.3 is 14.8 Å². The van der Waals surface area contributed by atoms with E-state index < -0.39 is 41.0 Å². The van der Waals surface area contributed by atoms with E-state index in [-0.39, 0.29) is 5.69 Å². The van der Waals surface area contributed by atoms with Gasteiger partial charge in [0.2, 0.25) is 5.82 Å². The van der Waals surface area contributed by atoms with Crippen LogP contribution in [0.5, 0.6) is 5.75 Å². The van der Waals surface area contributed by atoms with Gasteiger partial charge in [-0.3, -0.25) is 14.9 Å². The number of carbonyl (C=O) groups excluding carboxylic acids is 2. The molecule has 10 heteroatoms. The lowest BCUT2D eigenvalue weighted by atomic mass is 10.2. The third-order valence-corrected chi connectivity index (χ3v) is 3.48. The summed E-state index contributed by atoms with van der Waals surface area (Å²) in [5.41, 5.74) is -0.788. The van der Waals surface area contributed by atoms with Crippen LogP contribution in [0.1, 0.15) is 6.92 Å². The number of nitrogens with zero attached hydrogens (tertiary/aromatic N) is 1. The maximum Gasteiger partial charge on any atom is 0.347 e. The number of anilines is 1. The predicted molar refractivity (Wildman–Crippen MR) is 94.2 cm³/mol. The van der Waals surface area contributed by atoms with Crippen LogP contribution < -0.4 is 10.1 Å².